The van der Waals surface area contributed by atoms with Crippen molar-refractivity contribution in [2.24, 2.45) is 0 Å². The Bertz CT molecular complexity index is 590. The second-order valence-electron chi connectivity index (χ2n) is 3.92. The molecule has 0 aromatic heterocycles. The Morgan fingerprint density at radius 1 is 1.16 bits per heavy atom. The SMILES string of the molecule is CNCc1c(Cl)cccc1Sc1cc(F)ccc1F. The molecule has 2 rings (SSSR count). The molecule has 0 aliphatic heterocycles. The van der Waals surface area contributed by atoms with Crippen LogP contribution in [-0.4, -0.2) is 7.05 Å². The normalized spacial score (nSPS) is 10.7. The molecule has 1 nitrogen and oxygen atoms in total. The van der Waals surface area contributed by atoms with Gasteiger partial charge in [0.15, 0.2) is 0 Å². The topological polar surface area (TPSA) is 12.0 Å². The molecule has 100 valence electrons. The fourth-order valence-corrected chi connectivity index (χ4v) is 2.98. The third-order valence-corrected chi connectivity index (χ3v) is 4.03. The fraction of sp³-hybridized carbons (Fsp3) is 0.143. The quantitative estimate of drug-likeness (QED) is 0.893. The van der Waals surface area contributed by atoms with E-state index in [1.807, 2.05) is 6.07 Å². The van der Waals surface area contributed by atoms with Crippen LogP contribution in [0, 0.1) is 11.6 Å². The zero-order valence-electron chi connectivity index (χ0n) is 10.2. The zero-order valence-corrected chi connectivity index (χ0v) is 11.8. The van der Waals surface area contributed by atoms with Crippen molar-refractivity contribution in [2.45, 2.75) is 16.3 Å². The number of hydrogen-bond acceptors (Lipinski definition) is 2. The van der Waals surface area contributed by atoms with E-state index < -0.39 is 11.6 Å². The summed E-state index contributed by atoms with van der Waals surface area (Å²) in [7, 11) is 1.81. The molecule has 2 aromatic rings. The van der Waals surface area contributed by atoms with E-state index in [9.17, 15) is 8.78 Å². The van der Waals surface area contributed by atoms with Crippen LogP contribution in [0.4, 0.5) is 8.78 Å². The highest BCUT2D eigenvalue weighted by Gasteiger charge is 2.11. The third kappa shape index (κ3) is 3.47. The van der Waals surface area contributed by atoms with Crippen LogP contribution in [0.25, 0.3) is 0 Å². The molecule has 0 fully saturated rings. The number of hydrogen-bond donors (Lipinski definition) is 1. The molecule has 0 spiro atoms. The van der Waals surface area contributed by atoms with Gasteiger partial charge in [0.2, 0.25) is 0 Å². The number of benzene rings is 2. The first-order valence-electron chi connectivity index (χ1n) is 5.66. The summed E-state index contributed by atoms with van der Waals surface area (Å²) in [4.78, 5) is 1.06. The maximum absolute atomic E-state index is 13.6. The minimum atomic E-state index is -0.457. The van der Waals surface area contributed by atoms with E-state index in [-0.39, 0.29) is 4.90 Å². The second kappa shape index (κ2) is 6.37. The standard InChI is InChI=1S/C14H12ClF2NS/c1-18-8-10-11(15)3-2-4-13(10)19-14-7-9(16)5-6-12(14)17/h2-7,18H,8H2,1H3. The summed E-state index contributed by atoms with van der Waals surface area (Å²) in [6.07, 6.45) is 0. The Kier molecular flexibility index (Phi) is 4.80. The molecule has 2 aromatic carbocycles. The molecule has 0 saturated carbocycles. The van der Waals surface area contributed by atoms with Crippen LogP contribution in [0.3, 0.4) is 0 Å². The second-order valence-corrected chi connectivity index (χ2v) is 5.41. The predicted molar refractivity (Wildman–Crippen MR) is 74.7 cm³/mol. The Balaban J connectivity index is 2.37. The Morgan fingerprint density at radius 3 is 2.68 bits per heavy atom. The molecule has 0 unspecified atom stereocenters. The molecular formula is C14H12ClF2NS. The fourth-order valence-electron chi connectivity index (χ4n) is 1.66. The van der Waals surface area contributed by atoms with Crippen molar-refractivity contribution in [1.82, 2.24) is 5.32 Å². The first-order chi connectivity index (χ1) is 9.11. The van der Waals surface area contributed by atoms with Crippen molar-refractivity contribution in [3.63, 3.8) is 0 Å². The summed E-state index contributed by atoms with van der Waals surface area (Å²) in [5, 5.41) is 3.62. The lowest BCUT2D eigenvalue weighted by Crippen LogP contribution is -2.06. The Morgan fingerprint density at radius 2 is 1.95 bits per heavy atom. The maximum Gasteiger partial charge on any atom is 0.137 e. The van der Waals surface area contributed by atoms with Gasteiger partial charge in [-0.15, -0.1) is 0 Å². The van der Waals surface area contributed by atoms with Crippen LogP contribution in [0.15, 0.2) is 46.2 Å². The average molecular weight is 300 g/mol. The van der Waals surface area contributed by atoms with Gasteiger partial charge in [-0.1, -0.05) is 29.4 Å². The van der Waals surface area contributed by atoms with Gasteiger partial charge in [0.1, 0.15) is 11.6 Å². The van der Waals surface area contributed by atoms with Gasteiger partial charge in [0.25, 0.3) is 0 Å². The molecule has 0 aliphatic carbocycles. The van der Waals surface area contributed by atoms with Crippen LogP contribution in [-0.2, 0) is 6.54 Å². The maximum atomic E-state index is 13.6. The molecule has 1 N–H and O–H groups in total. The average Bonchev–Trinajstić information content (AvgIpc) is 2.38. The molecule has 0 atom stereocenters. The van der Waals surface area contributed by atoms with Gasteiger partial charge in [-0.05, 0) is 42.9 Å². The van der Waals surface area contributed by atoms with Gasteiger partial charge in [0, 0.05) is 16.5 Å². The Labute approximate surface area is 120 Å². The van der Waals surface area contributed by atoms with Crippen molar-refractivity contribution < 1.29 is 8.78 Å². The summed E-state index contributed by atoms with van der Waals surface area (Å²) in [6.45, 7) is 0.568. The lowest BCUT2D eigenvalue weighted by Gasteiger charge is -2.11. The lowest BCUT2D eigenvalue weighted by molar-refractivity contribution is 0.577. The van der Waals surface area contributed by atoms with Crippen molar-refractivity contribution >= 4 is 23.4 Å². The molecule has 5 heteroatoms. The molecule has 19 heavy (non-hydrogen) atoms. The van der Waals surface area contributed by atoms with E-state index in [0.717, 1.165) is 22.6 Å². The molecule has 0 saturated heterocycles. The van der Waals surface area contributed by atoms with E-state index >= 15 is 0 Å². The number of halogens is 3. The van der Waals surface area contributed by atoms with Gasteiger partial charge < -0.3 is 5.32 Å². The van der Waals surface area contributed by atoms with Crippen LogP contribution in [0.2, 0.25) is 5.02 Å². The number of rotatable bonds is 4. The molecular weight excluding hydrogens is 288 g/mol. The van der Waals surface area contributed by atoms with Crippen molar-refractivity contribution in [3.8, 4) is 0 Å². The number of nitrogens with one attached hydrogen (secondary N) is 1. The summed E-state index contributed by atoms with van der Waals surface area (Å²) >= 11 is 7.29. The third-order valence-electron chi connectivity index (χ3n) is 2.54. The molecule has 0 radical (unpaired) electrons. The van der Waals surface area contributed by atoms with Crippen LogP contribution in [0.5, 0.6) is 0 Å². The minimum absolute atomic E-state index is 0.250. The van der Waals surface area contributed by atoms with E-state index in [4.69, 9.17) is 11.6 Å². The molecule has 0 heterocycles. The summed E-state index contributed by atoms with van der Waals surface area (Å²) in [6, 6.07) is 8.82. The summed E-state index contributed by atoms with van der Waals surface area (Å²) in [5.74, 6) is -0.900. The predicted octanol–water partition coefficient (Wildman–Crippen LogP) is 4.49. The highest BCUT2D eigenvalue weighted by molar-refractivity contribution is 7.99. The minimum Gasteiger partial charge on any atom is -0.316 e. The van der Waals surface area contributed by atoms with Gasteiger partial charge in [-0.2, -0.15) is 0 Å². The summed E-state index contributed by atoms with van der Waals surface area (Å²) in [5.41, 5.74) is 0.875. The van der Waals surface area contributed by atoms with Crippen molar-refractivity contribution in [3.05, 3.63) is 58.6 Å². The highest BCUT2D eigenvalue weighted by atomic mass is 35.5. The van der Waals surface area contributed by atoms with Gasteiger partial charge in [-0.25, -0.2) is 8.78 Å². The van der Waals surface area contributed by atoms with Gasteiger partial charge in [0.05, 0.1) is 4.90 Å². The van der Waals surface area contributed by atoms with E-state index in [1.54, 1.807) is 19.2 Å². The monoisotopic (exact) mass is 299 g/mol. The zero-order chi connectivity index (χ0) is 13.8. The van der Waals surface area contributed by atoms with Crippen molar-refractivity contribution in [2.75, 3.05) is 7.05 Å². The largest absolute Gasteiger partial charge is 0.316 e. The molecule has 0 amide bonds. The van der Waals surface area contributed by atoms with Crippen molar-refractivity contribution in [1.29, 1.82) is 0 Å². The van der Waals surface area contributed by atoms with Gasteiger partial charge in [-0.3, -0.25) is 0 Å². The van der Waals surface area contributed by atoms with Crippen LogP contribution >= 0.6 is 23.4 Å². The van der Waals surface area contributed by atoms with E-state index in [0.29, 0.717) is 11.6 Å². The van der Waals surface area contributed by atoms with Crippen LogP contribution in [0.1, 0.15) is 5.56 Å². The first kappa shape index (κ1) is 14.3. The van der Waals surface area contributed by atoms with E-state index in [1.165, 1.54) is 17.8 Å². The van der Waals surface area contributed by atoms with Gasteiger partial charge >= 0.3 is 0 Å². The lowest BCUT2D eigenvalue weighted by atomic mass is 10.2. The molecule has 0 aliphatic rings. The van der Waals surface area contributed by atoms with Crippen LogP contribution < -0.4 is 5.32 Å². The smallest absolute Gasteiger partial charge is 0.137 e. The Hall–Kier alpha value is -1.10. The summed E-state index contributed by atoms with van der Waals surface area (Å²) < 4.78 is 26.8. The molecule has 0 bridgehead atoms. The first-order valence-corrected chi connectivity index (χ1v) is 6.86. The van der Waals surface area contributed by atoms with E-state index in [2.05, 4.69) is 5.32 Å². The highest BCUT2D eigenvalue weighted by Crippen LogP contribution is 2.35.